The topological polar surface area (TPSA) is 89.2 Å². The van der Waals surface area contributed by atoms with Gasteiger partial charge in [0.1, 0.15) is 6.04 Å². The van der Waals surface area contributed by atoms with Crippen molar-refractivity contribution in [1.29, 1.82) is 0 Å². The van der Waals surface area contributed by atoms with Crippen LogP contribution in [0.4, 0.5) is 5.95 Å². The number of anilines is 1. The molecule has 0 fully saturated rings. The molecule has 8 heteroatoms. The molecule has 0 aliphatic heterocycles. The largest absolute Gasteiger partial charge is 0.459 e. The van der Waals surface area contributed by atoms with Gasteiger partial charge in [0.25, 0.3) is 5.91 Å². The lowest BCUT2D eigenvalue weighted by Crippen LogP contribution is -2.41. The predicted octanol–water partition coefficient (Wildman–Crippen LogP) is 2.58. The summed E-state index contributed by atoms with van der Waals surface area (Å²) in [5, 5.41) is 5.82. The monoisotopic (exact) mass is 346 g/mol. The van der Waals surface area contributed by atoms with Gasteiger partial charge in [0.05, 0.1) is 17.3 Å². The summed E-state index contributed by atoms with van der Waals surface area (Å²) in [6, 6.07) is 7.66. The van der Waals surface area contributed by atoms with Gasteiger partial charge in [0, 0.05) is 12.1 Å². The van der Waals surface area contributed by atoms with Crippen molar-refractivity contribution in [3.63, 3.8) is 0 Å². The molecule has 24 heavy (non-hydrogen) atoms. The Bertz CT molecular complexity index is 902. The maximum atomic E-state index is 12.3. The Hall–Kier alpha value is -2.80. The normalized spacial score (nSPS) is 12.1. The van der Waals surface area contributed by atoms with E-state index in [2.05, 4.69) is 15.6 Å². The fraction of sp³-hybridized carbons (Fsp3) is 0.188. The number of furan rings is 1. The first-order valence-corrected chi connectivity index (χ1v) is 7.60. The Balaban J connectivity index is 1.72. The lowest BCUT2D eigenvalue weighted by atomic mass is 10.3. The van der Waals surface area contributed by atoms with E-state index in [4.69, 9.17) is 16.0 Å². The third kappa shape index (κ3) is 3.11. The summed E-state index contributed by atoms with van der Waals surface area (Å²) in [5.74, 6) is -0.331. The number of nitrogens with zero attached hydrogens (tertiary/aromatic N) is 2. The summed E-state index contributed by atoms with van der Waals surface area (Å²) in [7, 11) is 1.78. The molecule has 0 unspecified atom stereocenters. The van der Waals surface area contributed by atoms with Crippen molar-refractivity contribution in [2.45, 2.75) is 13.0 Å². The molecule has 2 heterocycles. The Morgan fingerprint density at radius 2 is 2.12 bits per heavy atom. The number of amides is 2. The highest BCUT2D eigenvalue weighted by atomic mass is 35.5. The molecule has 3 aromatic rings. The maximum absolute atomic E-state index is 12.3. The lowest BCUT2D eigenvalue weighted by molar-refractivity contribution is -0.117. The summed E-state index contributed by atoms with van der Waals surface area (Å²) < 4.78 is 6.73. The first-order chi connectivity index (χ1) is 11.5. The van der Waals surface area contributed by atoms with Crippen LogP contribution in [0.1, 0.15) is 17.5 Å². The molecule has 0 radical (unpaired) electrons. The lowest BCUT2D eigenvalue weighted by Gasteiger charge is -2.13. The van der Waals surface area contributed by atoms with E-state index in [-0.39, 0.29) is 11.7 Å². The minimum Gasteiger partial charge on any atom is -0.459 e. The van der Waals surface area contributed by atoms with Crippen molar-refractivity contribution in [2.75, 3.05) is 5.32 Å². The Kier molecular flexibility index (Phi) is 4.26. The van der Waals surface area contributed by atoms with Crippen molar-refractivity contribution >= 4 is 40.4 Å². The quantitative estimate of drug-likeness (QED) is 0.759. The van der Waals surface area contributed by atoms with E-state index in [0.717, 1.165) is 5.52 Å². The summed E-state index contributed by atoms with van der Waals surface area (Å²) >= 11 is 5.95. The van der Waals surface area contributed by atoms with Gasteiger partial charge < -0.3 is 14.3 Å². The second-order valence-electron chi connectivity index (χ2n) is 5.29. The molecule has 1 aromatic carbocycles. The van der Waals surface area contributed by atoms with Crippen LogP contribution in [0.25, 0.3) is 11.0 Å². The van der Waals surface area contributed by atoms with Gasteiger partial charge in [-0.3, -0.25) is 14.9 Å². The highest BCUT2D eigenvalue weighted by Crippen LogP contribution is 2.21. The molecule has 0 saturated heterocycles. The number of hydrogen-bond acceptors (Lipinski definition) is 4. The first kappa shape index (κ1) is 16.1. The number of benzene rings is 1. The average Bonchev–Trinajstić information content (AvgIpc) is 3.16. The minimum atomic E-state index is -0.758. The smallest absolute Gasteiger partial charge is 0.287 e. The van der Waals surface area contributed by atoms with Crippen LogP contribution in [-0.4, -0.2) is 27.4 Å². The molecule has 0 spiro atoms. The number of carbonyl (C=O) groups is 2. The zero-order chi connectivity index (χ0) is 17.3. The molecular weight excluding hydrogens is 332 g/mol. The van der Waals surface area contributed by atoms with E-state index >= 15 is 0 Å². The van der Waals surface area contributed by atoms with Gasteiger partial charge in [0.2, 0.25) is 11.9 Å². The van der Waals surface area contributed by atoms with Crippen LogP contribution < -0.4 is 10.6 Å². The molecule has 1 atom stereocenters. The van der Waals surface area contributed by atoms with Gasteiger partial charge >= 0.3 is 0 Å². The van der Waals surface area contributed by atoms with E-state index in [1.807, 2.05) is 6.07 Å². The second kappa shape index (κ2) is 6.37. The summed E-state index contributed by atoms with van der Waals surface area (Å²) in [5.41, 5.74) is 1.51. The predicted molar refractivity (Wildman–Crippen MR) is 90.0 cm³/mol. The Morgan fingerprint density at radius 3 is 2.83 bits per heavy atom. The van der Waals surface area contributed by atoms with E-state index in [1.165, 1.54) is 12.3 Å². The van der Waals surface area contributed by atoms with Crippen LogP contribution >= 0.6 is 11.6 Å². The van der Waals surface area contributed by atoms with Gasteiger partial charge in [-0.25, -0.2) is 4.98 Å². The van der Waals surface area contributed by atoms with Crippen molar-refractivity contribution < 1.29 is 14.0 Å². The third-order valence-corrected chi connectivity index (χ3v) is 3.80. The minimum absolute atomic E-state index is 0.145. The number of carbonyl (C=O) groups excluding carboxylic acids is 2. The number of rotatable bonds is 4. The fourth-order valence-corrected chi connectivity index (χ4v) is 2.41. The Labute approximate surface area is 142 Å². The first-order valence-electron chi connectivity index (χ1n) is 7.23. The number of halogens is 1. The van der Waals surface area contributed by atoms with Gasteiger partial charge in [-0.2, -0.15) is 0 Å². The Morgan fingerprint density at radius 1 is 1.33 bits per heavy atom. The van der Waals surface area contributed by atoms with Crippen LogP contribution in [0.15, 0.2) is 41.0 Å². The number of aryl methyl sites for hydroxylation is 1. The third-order valence-electron chi connectivity index (χ3n) is 3.56. The van der Waals surface area contributed by atoms with E-state index in [9.17, 15) is 9.59 Å². The van der Waals surface area contributed by atoms with E-state index < -0.39 is 11.9 Å². The van der Waals surface area contributed by atoms with Crippen LogP contribution in [0.3, 0.4) is 0 Å². The molecule has 0 aliphatic rings. The molecule has 3 rings (SSSR count). The number of aromatic nitrogens is 2. The molecule has 2 amide bonds. The highest BCUT2D eigenvalue weighted by molar-refractivity contribution is 6.31. The summed E-state index contributed by atoms with van der Waals surface area (Å²) in [6.45, 7) is 1.58. The number of fused-ring (bicyclic) bond motifs is 1. The summed E-state index contributed by atoms with van der Waals surface area (Å²) in [6.07, 6.45) is 1.39. The number of nitrogens with one attached hydrogen (secondary N) is 2. The number of hydrogen-bond donors (Lipinski definition) is 2. The molecule has 7 nitrogen and oxygen atoms in total. The van der Waals surface area contributed by atoms with E-state index in [0.29, 0.717) is 16.5 Å². The van der Waals surface area contributed by atoms with Crippen LogP contribution in [0.2, 0.25) is 5.02 Å². The highest BCUT2D eigenvalue weighted by Gasteiger charge is 2.20. The average molecular weight is 347 g/mol. The van der Waals surface area contributed by atoms with Gasteiger partial charge in [-0.05, 0) is 37.3 Å². The SMILES string of the molecule is C[C@@H](NC(=O)c1ccco1)C(=O)Nc1nc2cc(Cl)ccc2n1C. The maximum Gasteiger partial charge on any atom is 0.287 e. The molecule has 0 aliphatic carbocycles. The van der Waals surface area contributed by atoms with Crippen LogP contribution in [0, 0.1) is 0 Å². The van der Waals surface area contributed by atoms with E-state index in [1.54, 1.807) is 36.7 Å². The van der Waals surface area contributed by atoms with Crippen LogP contribution in [0.5, 0.6) is 0 Å². The molecule has 0 bridgehead atoms. The van der Waals surface area contributed by atoms with Gasteiger partial charge in [-0.1, -0.05) is 11.6 Å². The van der Waals surface area contributed by atoms with Crippen LogP contribution in [-0.2, 0) is 11.8 Å². The molecule has 0 saturated carbocycles. The van der Waals surface area contributed by atoms with Crippen molar-refractivity contribution in [2.24, 2.45) is 7.05 Å². The molecule has 2 N–H and O–H groups in total. The summed E-state index contributed by atoms with van der Waals surface area (Å²) in [4.78, 5) is 28.5. The van der Waals surface area contributed by atoms with Crippen molar-refractivity contribution in [1.82, 2.24) is 14.9 Å². The van der Waals surface area contributed by atoms with Crippen molar-refractivity contribution in [3.8, 4) is 0 Å². The zero-order valence-corrected chi connectivity index (χ0v) is 13.8. The molecule has 124 valence electrons. The zero-order valence-electron chi connectivity index (χ0n) is 13.0. The standard InChI is InChI=1S/C16H15ClN4O3/c1-9(18-15(23)13-4-3-7-24-13)14(22)20-16-19-11-8-10(17)5-6-12(11)21(16)2/h3-9H,1-2H3,(H,18,23)(H,19,20,22)/t9-/m1/s1. The number of imidazole rings is 1. The molecular formula is C16H15ClN4O3. The van der Waals surface area contributed by atoms with Gasteiger partial charge in [0.15, 0.2) is 5.76 Å². The fourth-order valence-electron chi connectivity index (χ4n) is 2.24. The molecule has 2 aromatic heterocycles. The van der Waals surface area contributed by atoms with Crippen molar-refractivity contribution in [3.05, 3.63) is 47.4 Å². The second-order valence-corrected chi connectivity index (χ2v) is 5.73. The van der Waals surface area contributed by atoms with Gasteiger partial charge in [-0.15, -0.1) is 0 Å².